The summed E-state index contributed by atoms with van der Waals surface area (Å²) < 4.78 is 11.0. The fourth-order valence-corrected chi connectivity index (χ4v) is 2.62. The maximum Gasteiger partial charge on any atom is 0.237 e. The third-order valence-corrected chi connectivity index (χ3v) is 4.63. The van der Waals surface area contributed by atoms with E-state index in [1.807, 2.05) is 0 Å². The lowest BCUT2D eigenvalue weighted by Crippen LogP contribution is -2.37. The van der Waals surface area contributed by atoms with E-state index < -0.39 is 5.60 Å². The van der Waals surface area contributed by atoms with E-state index in [1.54, 1.807) is 14.0 Å². The Labute approximate surface area is 120 Å². The summed E-state index contributed by atoms with van der Waals surface area (Å²) in [5.41, 5.74) is -0.130. The zero-order chi connectivity index (χ0) is 15.0. The molecule has 5 heteroatoms. The quantitative estimate of drug-likeness (QED) is 0.847. The fraction of sp³-hybridized carbons (Fsp3) is 0.800. The Bertz CT molecular complexity index is 483. The molecule has 1 heterocycles. The Balaban J connectivity index is 2.23. The molecule has 1 unspecified atom stereocenters. The molecule has 1 aliphatic carbocycles. The Morgan fingerprint density at radius 3 is 2.40 bits per heavy atom. The van der Waals surface area contributed by atoms with Crippen molar-refractivity contribution < 1.29 is 14.1 Å². The molecule has 0 N–H and O–H groups in total. The molecular formula is C15H24N2O3. The van der Waals surface area contributed by atoms with E-state index >= 15 is 0 Å². The van der Waals surface area contributed by atoms with Crippen LogP contribution in [0.1, 0.15) is 71.0 Å². The van der Waals surface area contributed by atoms with Crippen LogP contribution >= 0.6 is 0 Å². The van der Waals surface area contributed by atoms with E-state index in [0.29, 0.717) is 17.1 Å². The van der Waals surface area contributed by atoms with Crippen molar-refractivity contribution in [3.8, 4) is 0 Å². The molecular weight excluding hydrogens is 256 g/mol. The largest absolute Gasteiger partial charge is 0.370 e. The first-order chi connectivity index (χ1) is 9.30. The van der Waals surface area contributed by atoms with E-state index in [4.69, 9.17) is 9.26 Å². The summed E-state index contributed by atoms with van der Waals surface area (Å²) in [6.45, 7) is 7.85. The molecule has 5 nitrogen and oxygen atoms in total. The number of Topliss-reactive ketones (excluding diaryl/α,β-unsaturated/α-hetero) is 1. The van der Waals surface area contributed by atoms with Gasteiger partial charge in [-0.2, -0.15) is 4.98 Å². The zero-order valence-corrected chi connectivity index (χ0v) is 13.0. The number of carbonyl (C=O) groups excluding carboxylic acids is 1. The molecule has 0 bridgehead atoms. The first-order valence-electron chi connectivity index (χ1n) is 7.19. The number of rotatable bonds is 4. The monoisotopic (exact) mass is 280 g/mol. The minimum Gasteiger partial charge on any atom is -0.370 e. The number of hydrogen-bond donors (Lipinski definition) is 0. The zero-order valence-electron chi connectivity index (χ0n) is 13.0. The summed E-state index contributed by atoms with van der Waals surface area (Å²) in [7, 11) is 1.70. The maximum absolute atomic E-state index is 11.4. The van der Waals surface area contributed by atoms with Gasteiger partial charge in [-0.05, 0) is 44.9 Å². The number of aromatic nitrogens is 2. The molecule has 0 aromatic carbocycles. The highest BCUT2D eigenvalue weighted by molar-refractivity contribution is 5.81. The van der Waals surface area contributed by atoms with Crippen LogP contribution in [0.3, 0.4) is 0 Å². The van der Waals surface area contributed by atoms with Crippen molar-refractivity contribution in [1.82, 2.24) is 10.1 Å². The van der Waals surface area contributed by atoms with E-state index in [-0.39, 0.29) is 11.7 Å². The number of methoxy groups -OCH3 is 1. The average Bonchev–Trinajstić information content (AvgIpc) is 2.88. The van der Waals surface area contributed by atoms with Crippen LogP contribution in [0.25, 0.3) is 0 Å². The number of ether oxygens (including phenoxy) is 1. The number of carbonyl (C=O) groups is 1. The van der Waals surface area contributed by atoms with Gasteiger partial charge in [-0.15, -0.1) is 0 Å². The van der Waals surface area contributed by atoms with Crippen LogP contribution in [0, 0.1) is 5.41 Å². The van der Waals surface area contributed by atoms with Crippen molar-refractivity contribution in [2.45, 2.75) is 64.9 Å². The highest BCUT2D eigenvalue weighted by Crippen LogP contribution is 2.46. The van der Waals surface area contributed by atoms with E-state index in [9.17, 15) is 4.79 Å². The molecule has 1 aromatic rings. The van der Waals surface area contributed by atoms with Crippen LogP contribution in [0.5, 0.6) is 0 Å². The van der Waals surface area contributed by atoms with Crippen molar-refractivity contribution >= 4 is 5.78 Å². The summed E-state index contributed by atoms with van der Waals surface area (Å²) in [6.07, 6.45) is 3.88. The molecule has 0 radical (unpaired) electrons. The second-order valence-corrected chi connectivity index (χ2v) is 6.65. The predicted octanol–water partition coefficient (Wildman–Crippen LogP) is 3.20. The van der Waals surface area contributed by atoms with Crippen molar-refractivity contribution in [3.05, 3.63) is 11.7 Å². The second kappa shape index (κ2) is 5.28. The van der Waals surface area contributed by atoms with E-state index in [1.165, 1.54) is 6.92 Å². The van der Waals surface area contributed by atoms with Crippen LogP contribution < -0.4 is 0 Å². The molecule has 0 saturated heterocycles. The summed E-state index contributed by atoms with van der Waals surface area (Å²) in [6, 6.07) is 0. The van der Waals surface area contributed by atoms with Crippen molar-refractivity contribution in [2.75, 3.05) is 7.11 Å². The third-order valence-electron chi connectivity index (χ3n) is 4.63. The van der Waals surface area contributed by atoms with Gasteiger partial charge in [-0.3, -0.25) is 4.79 Å². The smallest absolute Gasteiger partial charge is 0.237 e. The summed E-state index contributed by atoms with van der Waals surface area (Å²) in [4.78, 5) is 15.8. The van der Waals surface area contributed by atoms with Crippen molar-refractivity contribution in [2.24, 2.45) is 5.41 Å². The van der Waals surface area contributed by atoms with Gasteiger partial charge in [0.2, 0.25) is 11.7 Å². The lowest BCUT2D eigenvalue weighted by atomic mass is 9.70. The van der Waals surface area contributed by atoms with Crippen molar-refractivity contribution in [1.29, 1.82) is 0 Å². The Kier molecular flexibility index (Phi) is 4.00. The molecule has 0 spiro atoms. The van der Waals surface area contributed by atoms with Crippen LogP contribution in [0.4, 0.5) is 0 Å². The average molecular weight is 280 g/mol. The topological polar surface area (TPSA) is 65.2 Å². The third kappa shape index (κ3) is 2.77. The van der Waals surface area contributed by atoms with E-state index in [0.717, 1.165) is 25.7 Å². The lowest BCUT2D eigenvalue weighted by Gasteiger charge is -2.40. The van der Waals surface area contributed by atoms with Crippen LogP contribution in [0.2, 0.25) is 0 Å². The summed E-state index contributed by atoms with van der Waals surface area (Å²) in [5.74, 6) is 0.633. The van der Waals surface area contributed by atoms with Crippen LogP contribution in [-0.2, 0) is 15.1 Å². The van der Waals surface area contributed by atoms with Gasteiger partial charge >= 0.3 is 0 Å². The lowest BCUT2D eigenvalue weighted by molar-refractivity contribution is -0.118. The van der Waals surface area contributed by atoms with Gasteiger partial charge in [0.15, 0.2) is 0 Å². The van der Waals surface area contributed by atoms with Crippen molar-refractivity contribution in [3.63, 3.8) is 0 Å². The van der Waals surface area contributed by atoms with Crippen LogP contribution in [-0.4, -0.2) is 23.0 Å². The Morgan fingerprint density at radius 1 is 1.30 bits per heavy atom. The molecule has 112 valence electrons. The highest BCUT2D eigenvalue weighted by atomic mass is 16.5. The first kappa shape index (κ1) is 15.2. The molecule has 1 aromatic heterocycles. The second-order valence-electron chi connectivity index (χ2n) is 6.65. The molecule has 20 heavy (non-hydrogen) atoms. The molecule has 1 aliphatic rings. The Hall–Kier alpha value is -1.23. The fourth-order valence-electron chi connectivity index (χ4n) is 2.62. The SMILES string of the molecule is COC1(c2noc(C(C)C(C)=O)n2)CCC(C)(C)CC1. The molecule has 0 amide bonds. The standard InChI is InChI=1S/C15H24N2O3/c1-10(11(2)18)12-16-13(17-20-12)15(19-5)8-6-14(3,4)7-9-15/h10H,6-9H2,1-5H3. The summed E-state index contributed by atoms with van der Waals surface area (Å²) in [5, 5.41) is 4.07. The number of ketones is 1. The highest BCUT2D eigenvalue weighted by Gasteiger charge is 2.43. The molecule has 2 rings (SSSR count). The maximum atomic E-state index is 11.4. The summed E-state index contributed by atoms with van der Waals surface area (Å²) >= 11 is 0. The van der Waals surface area contributed by atoms with Gasteiger partial charge in [0.25, 0.3) is 0 Å². The number of nitrogens with zero attached hydrogens (tertiary/aromatic N) is 2. The van der Waals surface area contributed by atoms with Gasteiger partial charge < -0.3 is 9.26 Å². The normalized spacial score (nSPS) is 22.4. The van der Waals surface area contributed by atoms with Gasteiger partial charge in [0.1, 0.15) is 11.4 Å². The van der Waals surface area contributed by atoms with Crippen LogP contribution in [0.15, 0.2) is 4.52 Å². The molecule has 0 aliphatic heterocycles. The molecule has 1 atom stereocenters. The first-order valence-corrected chi connectivity index (χ1v) is 7.19. The molecule has 1 saturated carbocycles. The minimum absolute atomic E-state index is 0.0245. The van der Waals surface area contributed by atoms with Gasteiger partial charge in [0.05, 0.1) is 5.92 Å². The molecule has 1 fully saturated rings. The number of hydrogen-bond acceptors (Lipinski definition) is 5. The van der Waals surface area contributed by atoms with Gasteiger partial charge in [-0.25, -0.2) is 0 Å². The Morgan fingerprint density at radius 2 is 1.90 bits per heavy atom. The van der Waals surface area contributed by atoms with Gasteiger partial charge in [0, 0.05) is 7.11 Å². The predicted molar refractivity (Wildman–Crippen MR) is 74.3 cm³/mol. The minimum atomic E-state index is -0.465. The van der Waals surface area contributed by atoms with E-state index in [2.05, 4.69) is 24.0 Å². The van der Waals surface area contributed by atoms with Gasteiger partial charge in [-0.1, -0.05) is 19.0 Å².